The Kier molecular flexibility index (Phi) is 5.86. The number of rotatable bonds is 4. The van der Waals surface area contributed by atoms with Crippen molar-refractivity contribution in [3.8, 4) is 5.75 Å². The van der Waals surface area contributed by atoms with Crippen molar-refractivity contribution in [3.63, 3.8) is 0 Å². The average molecular weight is 363 g/mol. The molecule has 1 atom stereocenters. The fourth-order valence-corrected chi connectivity index (χ4v) is 4.20. The summed E-state index contributed by atoms with van der Waals surface area (Å²) in [5.74, 6) is 2.68. The van der Waals surface area contributed by atoms with Crippen molar-refractivity contribution >= 4 is 23.6 Å². The first-order valence-corrected chi connectivity index (χ1v) is 9.75. The van der Waals surface area contributed by atoms with Crippen molar-refractivity contribution in [1.29, 1.82) is 0 Å². The van der Waals surface area contributed by atoms with E-state index in [4.69, 9.17) is 4.74 Å². The van der Waals surface area contributed by atoms with Crippen molar-refractivity contribution in [2.75, 3.05) is 44.9 Å². The third-order valence-electron chi connectivity index (χ3n) is 4.74. The Bertz CT molecular complexity index is 638. The van der Waals surface area contributed by atoms with Gasteiger partial charge in [-0.25, -0.2) is 0 Å². The van der Waals surface area contributed by atoms with E-state index in [-0.39, 0.29) is 17.9 Å². The fourth-order valence-electron chi connectivity index (χ4n) is 3.27. The first kappa shape index (κ1) is 18.1. The predicted molar refractivity (Wildman–Crippen MR) is 98.8 cm³/mol. The molecule has 2 aliphatic heterocycles. The molecule has 0 spiro atoms. The summed E-state index contributed by atoms with van der Waals surface area (Å²) in [6.07, 6.45) is 0.333. The van der Waals surface area contributed by atoms with Crippen LogP contribution in [0.3, 0.4) is 0 Å². The highest BCUT2D eigenvalue weighted by Gasteiger charge is 2.30. The smallest absolute Gasteiger partial charge is 0.240 e. The van der Waals surface area contributed by atoms with Gasteiger partial charge >= 0.3 is 0 Å². The number of hydrogen-bond acceptors (Lipinski definition) is 5. The fraction of sp³-hybridized carbons (Fsp3) is 0.556. The molecule has 2 amide bonds. The van der Waals surface area contributed by atoms with Crippen molar-refractivity contribution in [3.05, 3.63) is 29.3 Å². The highest BCUT2D eigenvalue weighted by molar-refractivity contribution is 7.99. The van der Waals surface area contributed by atoms with E-state index in [0.717, 1.165) is 28.5 Å². The summed E-state index contributed by atoms with van der Waals surface area (Å²) in [4.78, 5) is 28.8. The number of carbonyl (C=O) groups excluding carboxylic acids is 2. The topological polar surface area (TPSA) is 61.9 Å². The first-order valence-electron chi connectivity index (χ1n) is 8.59. The minimum Gasteiger partial charge on any atom is -0.496 e. The monoisotopic (exact) mass is 363 g/mol. The van der Waals surface area contributed by atoms with Crippen LogP contribution in [-0.2, 0) is 16.0 Å². The number of ether oxygens (including phenoxy) is 1. The molecule has 2 fully saturated rings. The molecule has 7 heteroatoms. The van der Waals surface area contributed by atoms with E-state index in [0.29, 0.717) is 32.6 Å². The summed E-state index contributed by atoms with van der Waals surface area (Å²) in [6.45, 7) is 4.42. The lowest BCUT2D eigenvalue weighted by Gasteiger charge is -2.36. The molecule has 1 N–H and O–H groups in total. The molecular weight excluding hydrogens is 338 g/mol. The third-order valence-corrected chi connectivity index (χ3v) is 5.68. The van der Waals surface area contributed by atoms with Gasteiger partial charge in [0, 0.05) is 43.4 Å². The second-order valence-electron chi connectivity index (χ2n) is 6.47. The number of methoxy groups -OCH3 is 1. The quantitative estimate of drug-likeness (QED) is 0.861. The molecule has 3 rings (SSSR count). The van der Waals surface area contributed by atoms with E-state index < -0.39 is 0 Å². The number of benzene rings is 1. The second-order valence-corrected chi connectivity index (χ2v) is 7.50. The Hall–Kier alpha value is -1.73. The van der Waals surface area contributed by atoms with Gasteiger partial charge in [0.15, 0.2) is 0 Å². The zero-order valence-corrected chi connectivity index (χ0v) is 15.6. The van der Waals surface area contributed by atoms with Crippen LogP contribution in [0, 0.1) is 6.92 Å². The van der Waals surface area contributed by atoms with Crippen LogP contribution in [0.25, 0.3) is 0 Å². The number of carbonyl (C=O) groups is 2. The Labute approximate surface area is 152 Å². The molecule has 1 aromatic rings. The molecule has 1 aromatic carbocycles. The molecule has 0 radical (unpaired) electrons. The Morgan fingerprint density at radius 3 is 2.60 bits per heavy atom. The zero-order valence-electron chi connectivity index (χ0n) is 14.8. The van der Waals surface area contributed by atoms with Crippen LogP contribution in [0.15, 0.2) is 18.2 Å². The number of aryl methyl sites for hydroxylation is 1. The zero-order chi connectivity index (χ0) is 17.8. The van der Waals surface area contributed by atoms with Gasteiger partial charge in [0.25, 0.3) is 0 Å². The summed E-state index contributed by atoms with van der Waals surface area (Å²) in [7, 11) is 1.62. The van der Waals surface area contributed by atoms with Crippen LogP contribution in [0.5, 0.6) is 5.75 Å². The second kappa shape index (κ2) is 8.10. The number of amides is 2. The maximum atomic E-state index is 12.6. The standard InChI is InChI=1S/C18H25N3O3S/c1-13-3-4-16(24-2)14(9-13)10-17(22)20-5-7-21(8-6-20)18(23)15-11-25-12-19-15/h3-4,9,15,19H,5-8,10-12H2,1-2H3. The third kappa shape index (κ3) is 4.27. The van der Waals surface area contributed by atoms with Crippen LogP contribution < -0.4 is 10.1 Å². The van der Waals surface area contributed by atoms with E-state index in [2.05, 4.69) is 5.32 Å². The summed E-state index contributed by atoms with van der Waals surface area (Å²) < 4.78 is 5.36. The van der Waals surface area contributed by atoms with E-state index in [1.165, 1.54) is 0 Å². The van der Waals surface area contributed by atoms with Crippen LogP contribution in [0.2, 0.25) is 0 Å². The van der Waals surface area contributed by atoms with Gasteiger partial charge in [-0.05, 0) is 13.0 Å². The molecular formula is C18H25N3O3S. The summed E-state index contributed by atoms with van der Waals surface area (Å²) in [6, 6.07) is 5.82. The predicted octanol–water partition coefficient (Wildman–Crippen LogP) is 0.879. The Balaban J connectivity index is 1.55. The van der Waals surface area contributed by atoms with Crippen molar-refractivity contribution in [1.82, 2.24) is 15.1 Å². The van der Waals surface area contributed by atoms with E-state index >= 15 is 0 Å². The maximum absolute atomic E-state index is 12.6. The van der Waals surface area contributed by atoms with Gasteiger partial charge in [-0.2, -0.15) is 0 Å². The molecule has 136 valence electrons. The molecule has 2 saturated heterocycles. The van der Waals surface area contributed by atoms with Crippen molar-refractivity contribution in [2.24, 2.45) is 0 Å². The number of nitrogens with one attached hydrogen (secondary N) is 1. The average Bonchev–Trinajstić information content (AvgIpc) is 3.16. The van der Waals surface area contributed by atoms with Gasteiger partial charge in [0.1, 0.15) is 5.75 Å². The maximum Gasteiger partial charge on any atom is 0.240 e. The van der Waals surface area contributed by atoms with Gasteiger partial charge in [-0.1, -0.05) is 17.7 Å². The molecule has 25 heavy (non-hydrogen) atoms. The summed E-state index contributed by atoms with van der Waals surface area (Å²) in [5.41, 5.74) is 2.03. The van der Waals surface area contributed by atoms with Crippen LogP contribution in [-0.4, -0.2) is 72.6 Å². The number of nitrogens with zero attached hydrogens (tertiary/aromatic N) is 2. The molecule has 2 heterocycles. The van der Waals surface area contributed by atoms with Crippen molar-refractivity contribution in [2.45, 2.75) is 19.4 Å². The SMILES string of the molecule is COc1ccc(C)cc1CC(=O)N1CCN(C(=O)C2CSCN2)CC1. The lowest BCUT2D eigenvalue weighted by atomic mass is 10.1. The molecule has 0 aliphatic carbocycles. The van der Waals surface area contributed by atoms with E-state index in [1.807, 2.05) is 34.9 Å². The van der Waals surface area contributed by atoms with E-state index in [9.17, 15) is 9.59 Å². The Morgan fingerprint density at radius 1 is 1.24 bits per heavy atom. The Morgan fingerprint density at radius 2 is 1.96 bits per heavy atom. The van der Waals surface area contributed by atoms with Gasteiger partial charge in [-0.3, -0.25) is 14.9 Å². The highest BCUT2D eigenvalue weighted by atomic mass is 32.2. The first-order chi connectivity index (χ1) is 12.1. The molecule has 0 aromatic heterocycles. The molecule has 0 saturated carbocycles. The van der Waals surface area contributed by atoms with Crippen molar-refractivity contribution < 1.29 is 14.3 Å². The van der Waals surface area contributed by atoms with Gasteiger partial charge in [0.2, 0.25) is 11.8 Å². The number of thioether (sulfide) groups is 1. The lowest BCUT2D eigenvalue weighted by Crippen LogP contribution is -2.54. The normalized spacial score (nSPS) is 20.6. The highest BCUT2D eigenvalue weighted by Crippen LogP contribution is 2.21. The number of piperazine rings is 1. The minimum absolute atomic E-state index is 0.0659. The van der Waals surface area contributed by atoms with Gasteiger partial charge in [0.05, 0.1) is 19.6 Å². The molecule has 1 unspecified atom stereocenters. The van der Waals surface area contributed by atoms with E-state index in [1.54, 1.807) is 18.9 Å². The number of hydrogen-bond donors (Lipinski definition) is 1. The minimum atomic E-state index is -0.0659. The lowest BCUT2D eigenvalue weighted by molar-refractivity contribution is -0.140. The molecule has 6 nitrogen and oxygen atoms in total. The molecule has 2 aliphatic rings. The summed E-state index contributed by atoms with van der Waals surface area (Å²) >= 11 is 1.75. The summed E-state index contributed by atoms with van der Waals surface area (Å²) in [5, 5.41) is 3.22. The largest absolute Gasteiger partial charge is 0.496 e. The van der Waals surface area contributed by atoms with Crippen LogP contribution in [0.1, 0.15) is 11.1 Å². The van der Waals surface area contributed by atoms with Gasteiger partial charge < -0.3 is 14.5 Å². The molecule has 0 bridgehead atoms. The van der Waals surface area contributed by atoms with Crippen LogP contribution >= 0.6 is 11.8 Å². The van der Waals surface area contributed by atoms with Gasteiger partial charge in [-0.15, -0.1) is 11.8 Å². The van der Waals surface area contributed by atoms with Crippen LogP contribution in [0.4, 0.5) is 0 Å².